The fourth-order valence-electron chi connectivity index (χ4n) is 2.38. The highest BCUT2D eigenvalue weighted by molar-refractivity contribution is 6.09. The van der Waals surface area contributed by atoms with Crippen molar-refractivity contribution in [3.63, 3.8) is 0 Å². The van der Waals surface area contributed by atoms with Gasteiger partial charge in [0.25, 0.3) is 0 Å². The minimum atomic E-state index is -0.707. The Morgan fingerprint density at radius 1 is 1.13 bits per heavy atom. The summed E-state index contributed by atoms with van der Waals surface area (Å²) in [5.74, 6) is 0.112. The van der Waals surface area contributed by atoms with E-state index in [4.69, 9.17) is 0 Å². The van der Waals surface area contributed by atoms with Gasteiger partial charge in [-0.2, -0.15) is 0 Å². The van der Waals surface area contributed by atoms with Crippen molar-refractivity contribution in [3.05, 3.63) is 35.9 Å². The molecule has 1 aromatic carbocycles. The Bertz CT molecular complexity index is 392. The van der Waals surface area contributed by atoms with Gasteiger partial charge in [0.2, 0.25) is 0 Å². The Hall–Kier alpha value is -1.44. The van der Waals surface area contributed by atoms with Gasteiger partial charge in [0.15, 0.2) is 0 Å². The van der Waals surface area contributed by atoms with Gasteiger partial charge in [0, 0.05) is 5.92 Å². The Morgan fingerprint density at radius 3 is 2.07 bits per heavy atom. The predicted octanol–water partition coefficient (Wildman–Crippen LogP) is 2.34. The lowest BCUT2D eigenvalue weighted by atomic mass is 9.91. The number of rotatable bonds is 3. The van der Waals surface area contributed by atoms with Gasteiger partial charge in [0.1, 0.15) is 11.6 Å². The molecule has 15 heavy (non-hydrogen) atoms. The van der Waals surface area contributed by atoms with Crippen molar-refractivity contribution in [3.8, 4) is 0 Å². The van der Waals surface area contributed by atoms with Crippen molar-refractivity contribution < 1.29 is 9.59 Å². The molecule has 0 radical (unpaired) electrons. The van der Waals surface area contributed by atoms with Crippen LogP contribution in [0.2, 0.25) is 0 Å². The quantitative estimate of drug-likeness (QED) is 0.705. The Balaban J connectivity index is 2.31. The van der Waals surface area contributed by atoms with Gasteiger partial charge in [-0.3, -0.25) is 9.59 Å². The number of carbonyl (C=O) groups is 2. The second-order valence-corrected chi connectivity index (χ2v) is 4.25. The average molecular weight is 202 g/mol. The molecule has 0 saturated heterocycles. The third-order valence-electron chi connectivity index (χ3n) is 3.42. The summed E-state index contributed by atoms with van der Waals surface area (Å²) < 4.78 is 0. The van der Waals surface area contributed by atoms with Gasteiger partial charge in [-0.1, -0.05) is 30.3 Å². The highest BCUT2D eigenvalue weighted by Gasteiger charge is 2.61. The summed E-state index contributed by atoms with van der Waals surface area (Å²) in [7, 11) is 0. The van der Waals surface area contributed by atoms with Crippen molar-refractivity contribution in [1.82, 2.24) is 0 Å². The molecular weight excluding hydrogens is 188 g/mol. The number of hydrogen-bond donors (Lipinski definition) is 0. The summed E-state index contributed by atoms with van der Waals surface area (Å²) in [4.78, 5) is 23.1. The van der Waals surface area contributed by atoms with E-state index in [-0.39, 0.29) is 17.5 Å². The molecule has 1 aliphatic carbocycles. The van der Waals surface area contributed by atoms with Crippen LogP contribution in [0.5, 0.6) is 0 Å². The first-order valence-electron chi connectivity index (χ1n) is 5.16. The zero-order valence-corrected chi connectivity index (χ0v) is 8.99. The van der Waals surface area contributed by atoms with E-state index in [0.717, 1.165) is 5.56 Å². The van der Waals surface area contributed by atoms with Crippen LogP contribution in [-0.4, -0.2) is 11.6 Å². The summed E-state index contributed by atoms with van der Waals surface area (Å²) in [5, 5.41) is 0. The molecule has 2 nitrogen and oxygen atoms in total. The molecule has 0 aliphatic heterocycles. The molecule has 0 bridgehead atoms. The molecule has 0 spiro atoms. The molecule has 2 heteroatoms. The highest BCUT2D eigenvalue weighted by atomic mass is 16.2. The average Bonchev–Trinajstić information content (AvgIpc) is 2.95. The number of carbonyl (C=O) groups excluding carboxylic acids is 2. The largest absolute Gasteiger partial charge is 0.299 e. The van der Waals surface area contributed by atoms with Crippen molar-refractivity contribution in [1.29, 1.82) is 0 Å². The van der Waals surface area contributed by atoms with Crippen LogP contribution in [0.25, 0.3) is 0 Å². The summed E-state index contributed by atoms with van der Waals surface area (Å²) in [6, 6.07) is 9.79. The Labute approximate surface area is 89.3 Å². The molecule has 0 aromatic heterocycles. The van der Waals surface area contributed by atoms with Crippen molar-refractivity contribution in [2.75, 3.05) is 0 Å². The first-order valence-corrected chi connectivity index (χ1v) is 5.16. The van der Waals surface area contributed by atoms with Crippen molar-refractivity contribution in [2.24, 2.45) is 5.41 Å². The van der Waals surface area contributed by atoms with Crippen LogP contribution in [-0.2, 0) is 9.59 Å². The molecule has 1 fully saturated rings. The van der Waals surface area contributed by atoms with Crippen LogP contribution >= 0.6 is 0 Å². The monoisotopic (exact) mass is 202 g/mol. The third kappa shape index (κ3) is 1.41. The molecular formula is C13H14O2. The third-order valence-corrected chi connectivity index (χ3v) is 3.42. The van der Waals surface area contributed by atoms with Crippen LogP contribution in [0.1, 0.15) is 31.7 Å². The van der Waals surface area contributed by atoms with Crippen LogP contribution in [0.15, 0.2) is 30.3 Å². The Morgan fingerprint density at radius 2 is 1.67 bits per heavy atom. The van der Waals surface area contributed by atoms with E-state index in [9.17, 15) is 9.59 Å². The number of benzene rings is 1. The normalized spacial score (nSPS) is 22.1. The topological polar surface area (TPSA) is 34.1 Å². The maximum absolute atomic E-state index is 11.5. The van der Waals surface area contributed by atoms with Gasteiger partial charge in [0.05, 0.1) is 5.41 Å². The predicted molar refractivity (Wildman–Crippen MR) is 57.6 cm³/mol. The van der Waals surface area contributed by atoms with Crippen LogP contribution in [0.4, 0.5) is 0 Å². The maximum atomic E-state index is 11.5. The van der Waals surface area contributed by atoms with Crippen LogP contribution < -0.4 is 0 Å². The second kappa shape index (κ2) is 3.30. The van der Waals surface area contributed by atoms with Crippen LogP contribution in [0.3, 0.4) is 0 Å². The van der Waals surface area contributed by atoms with Gasteiger partial charge in [-0.05, 0) is 25.8 Å². The molecule has 1 aromatic rings. The minimum absolute atomic E-state index is 0.00357. The summed E-state index contributed by atoms with van der Waals surface area (Å²) in [6.07, 6.45) is 0.682. The molecule has 1 saturated carbocycles. The lowest BCUT2D eigenvalue weighted by molar-refractivity contribution is -0.132. The molecule has 0 amide bonds. The SMILES string of the molecule is CC(=O)C1(C(C)=O)C[C@H]1c1ccccc1. The molecule has 1 aliphatic rings. The lowest BCUT2D eigenvalue weighted by Crippen LogP contribution is -2.23. The molecule has 2 rings (SSSR count). The fourth-order valence-corrected chi connectivity index (χ4v) is 2.38. The number of ketones is 2. The summed E-state index contributed by atoms with van der Waals surface area (Å²) in [5.41, 5.74) is 0.393. The van der Waals surface area contributed by atoms with Gasteiger partial charge >= 0.3 is 0 Å². The summed E-state index contributed by atoms with van der Waals surface area (Å²) >= 11 is 0. The first-order chi connectivity index (χ1) is 7.09. The van der Waals surface area contributed by atoms with E-state index in [1.165, 1.54) is 13.8 Å². The number of Topliss-reactive ketones (excluding diaryl/α,β-unsaturated/α-hetero) is 2. The van der Waals surface area contributed by atoms with E-state index >= 15 is 0 Å². The van der Waals surface area contributed by atoms with Crippen molar-refractivity contribution in [2.45, 2.75) is 26.2 Å². The fraction of sp³-hybridized carbons (Fsp3) is 0.385. The highest BCUT2D eigenvalue weighted by Crippen LogP contribution is 2.60. The van der Waals surface area contributed by atoms with E-state index in [2.05, 4.69) is 0 Å². The van der Waals surface area contributed by atoms with Gasteiger partial charge in [-0.15, -0.1) is 0 Å². The summed E-state index contributed by atoms with van der Waals surface area (Å²) in [6.45, 7) is 3.04. The first kappa shape index (κ1) is 10.1. The van der Waals surface area contributed by atoms with E-state index in [1.807, 2.05) is 30.3 Å². The Kier molecular flexibility index (Phi) is 2.22. The van der Waals surface area contributed by atoms with Gasteiger partial charge in [-0.25, -0.2) is 0 Å². The van der Waals surface area contributed by atoms with Crippen LogP contribution in [0, 0.1) is 5.41 Å². The van der Waals surface area contributed by atoms with E-state index in [1.54, 1.807) is 0 Å². The van der Waals surface area contributed by atoms with Gasteiger partial charge < -0.3 is 0 Å². The zero-order chi connectivity index (χ0) is 11.1. The van der Waals surface area contributed by atoms with E-state index in [0.29, 0.717) is 6.42 Å². The maximum Gasteiger partial charge on any atom is 0.143 e. The molecule has 0 heterocycles. The lowest BCUT2D eigenvalue weighted by Gasteiger charge is -2.09. The van der Waals surface area contributed by atoms with E-state index < -0.39 is 5.41 Å². The molecule has 78 valence electrons. The van der Waals surface area contributed by atoms with Crippen molar-refractivity contribution >= 4 is 11.6 Å². The zero-order valence-electron chi connectivity index (χ0n) is 8.99. The molecule has 0 unspecified atom stereocenters. The smallest absolute Gasteiger partial charge is 0.143 e. The molecule has 0 N–H and O–H groups in total. The second-order valence-electron chi connectivity index (χ2n) is 4.25. The number of hydrogen-bond acceptors (Lipinski definition) is 2. The minimum Gasteiger partial charge on any atom is -0.299 e. The molecule has 1 atom stereocenters. The standard InChI is InChI=1S/C13H14O2/c1-9(14)13(10(2)15)8-12(13)11-6-4-3-5-7-11/h3-7,12H,8H2,1-2H3/t12-/m0/s1.